The van der Waals surface area contributed by atoms with Gasteiger partial charge in [0.1, 0.15) is 0 Å². The van der Waals surface area contributed by atoms with Crippen molar-refractivity contribution >= 4 is 33.3 Å². The van der Waals surface area contributed by atoms with Gasteiger partial charge in [0.15, 0.2) is 5.82 Å². The lowest BCUT2D eigenvalue weighted by atomic mass is 9.98. The number of rotatable bonds is 3. The number of piperidine rings is 1. The van der Waals surface area contributed by atoms with Gasteiger partial charge < -0.3 is 14.7 Å². The minimum absolute atomic E-state index is 0.0931. The van der Waals surface area contributed by atoms with Crippen molar-refractivity contribution in [3.63, 3.8) is 0 Å². The number of urea groups is 1. The average molecular weight is 371 g/mol. The number of anilines is 1. The number of aromatic nitrogens is 3. The van der Waals surface area contributed by atoms with E-state index in [-0.39, 0.29) is 17.9 Å². The molecule has 1 fully saturated rings. The molecule has 3 heterocycles. The molecule has 8 heteroatoms. The van der Waals surface area contributed by atoms with E-state index < -0.39 is 0 Å². The fourth-order valence-corrected chi connectivity index (χ4v) is 3.81. The van der Waals surface area contributed by atoms with Gasteiger partial charge >= 0.3 is 6.03 Å². The number of amides is 2. The smallest absolute Gasteiger partial charge is 0.321 e. The van der Waals surface area contributed by atoms with Crippen molar-refractivity contribution in [2.45, 2.75) is 38.5 Å². The Bertz CT molecular complexity index is 919. The van der Waals surface area contributed by atoms with Crippen LogP contribution in [0, 0.1) is 0 Å². The fraction of sp³-hybridized carbons (Fsp3) is 0.444. The largest absolute Gasteiger partial charge is 0.339 e. The highest BCUT2D eigenvalue weighted by molar-refractivity contribution is 7.16. The number of likely N-dealkylation sites (tertiary alicyclic amines) is 1. The quantitative estimate of drug-likeness (QED) is 0.745. The molecule has 7 nitrogen and oxygen atoms in total. The Morgan fingerprint density at radius 1 is 1.42 bits per heavy atom. The Morgan fingerprint density at radius 3 is 3.12 bits per heavy atom. The maximum absolute atomic E-state index is 12.7. The predicted octanol–water partition coefficient (Wildman–Crippen LogP) is 4.21. The van der Waals surface area contributed by atoms with Gasteiger partial charge in [-0.25, -0.2) is 9.78 Å². The Balaban J connectivity index is 1.43. The van der Waals surface area contributed by atoms with Crippen LogP contribution in [0.4, 0.5) is 10.5 Å². The van der Waals surface area contributed by atoms with E-state index in [1.807, 2.05) is 36.9 Å². The van der Waals surface area contributed by atoms with Gasteiger partial charge in [0.2, 0.25) is 5.89 Å². The minimum Gasteiger partial charge on any atom is -0.339 e. The van der Waals surface area contributed by atoms with E-state index in [4.69, 9.17) is 4.52 Å². The van der Waals surface area contributed by atoms with Gasteiger partial charge in [-0.3, -0.25) is 0 Å². The van der Waals surface area contributed by atoms with E-state index in [0.29, 0.717) is 12.4 Å². The van der Waals surface area contributed by atoms with Crippen molar-refractivity contribution in [1.29, 1.82) is 0 Å². The van der Waals surface area contributed by atoms with Crippen LogP contribution in [0.5, 0.6) is 0 Å². The molecule has 0 radical (unpaired) electrons. The van der Waals surface area contributed by atoms with E-state index in [2.05, 4.69) is 20.4 Å². The Kier molecular flexibility index (Phi) is 4.58. The molecule has 2 amide bonds. The Hall–Kier alpha value is -2.48. The average Bonchev–Trinajstić information content (AvgIpc) is 3.31. The zero-order chi connectivity index (χ0) is 18.1. The van der Waals surface area contributed by atoms with Crippen LogP contribution in [0.3, 0.4) is 0 Å². The first-order chi connectivity index (χ1) is 12.6. The summed E-state index contributed by atoms with van der Waals surface area (Å²) in [6, 6.07) is 5.69. The van der Waals surface area contributed by atoms with Gasteiger partial charge in [0, 0.05) is 24.7 Å². The summed E-state index contributed by atoms with van der Waals surface area (Å²) >= 11 is 1.59. The van der Waals surface area contributed by atoms with Crippen molar-refractivity contribution in [2.75, 3.05) is 18.4 Å². The molecule has 3 aromatic rings. The summed E-state index contributed by atoms with van der Waals surface area (Å²) in [4.78, 5) is 23.3. The second-order valence-corrected chi connectivity index (χ2v) is 7.78. The Labute approximate surface area is 155 Å². The van der Waals surface area contributed by atoms with Crippen LogP contribution in [0.2, 0.25) is 0 Å². The molecule has 1 aliphatic heterocycles. The minimum atomic E-state index is -0.104. The summed E-state index contributed by atoms with van der Waals surface area (Å²) < 4.78 is 6.53. The van der Waals surface area contributed by atoms with Crippen LogP contribution in [-0.4, -0.2) is 39.1 Å². The SMILES string of the molecule is CC(C)c1noc([C@@H]2CCCN(C(=O)Nc3ccc4scnc4c3)C2)n1. The van der Waals surface area contributed by atoms with E-state index >= 15 is 0 Å². The third kappa shape index (κ3) is 3.41. The molecule has 0 saturated carbocycles. The van der Waals surface area contributed by atoms with Crippen LogP contribution in [0.25, 0.3) is 10.2 Å². The normalized spacial score (nSPS) is 17.8. The lowest BCUT2D eigenvalue weighted by Crippen LogP contribution is -2.41. The molecule has 1 N–H and O–H groups in total. The van der Waals surface area contributed by atoms with Gasteiger partial charge in [-0.1, -0.05) is 19.0 Å². The molecule has 2 aromatic heterocycles. The molecule has 0 aliphatic carbocycles. The fourth-order valence-electron chi connectivity index (χ4n) is 3.15. The molecule has 0 spiro atoms. The third-order valence-electron chi connectivity index (χ3n) is 4.61. The molecule has 1 aliphatic rings. The summed E-state index contributed by atoms with van der Waals surface area (Å²) in [5.74, 6) is 1.68. The molecule has 4 rings (SSSR count). The van der Waals surface area contributed by atoms with Crippen LogP contribution in [-0.2, 0) is 0 Å². The van der Waals surface area contributed by atoms with Gasteiger partial charge in [-0.05, 0) is 31.0 Å². The third-order valence-corrected chi connectivity index (χ3v) is 5.42. The van der Waals surface area contributed by atoms with Crippen molar-refractivity contribution in [3.8, 4) is 0 Å². The van der Waals surface area contributed by atoms with Crippen LogP contribution < -0.4 is 5.32 Å². The van der Waals surface area contributed by atoms with Gasteiger partial charge in [0.25, 0.3) is 0 Å². The molecule has 1 saturated heterocycles. The summed E-state index contributed by atoms with van der Waals surface area (Å²) in [7, 11) is 0. The van der Waals surface area contributed by atoms with Crippen molar-refractivity contribution in [2.24, 2.45) is 0 Å². The van der Waals surface area contributed by atoms with Gasteiger partial charge in [0.05, 0.1) is 21.6 Å². The number of carbonyl (C=O) groups is 1. The maximum Gasteiger partial charge on any atom is 0.321 e. The molecular weight excluding hydrogens is 350 g/mol. The first-order valence-electron chi connectivity index (χ1n) is 8.83. The number of benzene rings is 1. The molecule has 136 valence electrons. The van der Waals surface area contributed by atoms with Crippen LogP contribution in [0.1, 0.15) is 50.2 Å². The van der Waals surface area contributed by atoms with Gasteiger partial charge in [-0.2, -0.15) is 4.98 Å². The van der Waals surface area contributed by atoms with Crippen molar-refractivity contribution in [1.82, 2.24) is 20.0 Å². The molecule has 1 atom stereocenters. The van der Waals surface area contributed by atoms with Crippen molar-refractivity contribution in [3.05, 3.63) is 35.4 Å². The highest BCUT2D eigenvalue weighted by atomic mass is 32.1. The van der Waals surface area contributed by atoms with Crippen LogP contribution in [0.15, 0.2) is 28.2 Å². The molecule has 0 bridgehead atoms. The predicted molar refractivity (Wildman–Crippen MR) is 101 cm³/mol. The maximum atomic E-state index is 12.7. The molecule has 0 unspecified atom stereocenters. The number of hydrogen-bond donors (Lipinski definition) is 1. The van der Waals surface area contributed by atoms with Crippen molar-refractivity contribution < 1.29 is 9.32 Å². The molecular formula is C18H21N5O2S. The highest BCUT2D eigenvalue weighted by Crippen LogP contribution is 2.27. The van der Waals surface area contributed by atoms with Crippen LogP contribution >= 0.6 is 11.3 Å². The summed E-state index contributed by atoms with van der Waals surface area (Å²) in [5, 5.41) is 7.02. The van der Waals surface area contributed by atoms with E-state index in [9.17, 15) is 4.79 Å². The molecule has 1 aromatic carbocycles. The lowest BCUT2D eigenvalue weighted by Gasteiger charge is -2.31. The lowest BCUT2D eigenvalue weighted by molar-refractivity contribution is 0.184. The number of hydrogen-bond acceptors (Lipinski definition) is 6. The topological polar surface area (TPSA) is 84.2 Å². The second kappa shape index (κ2) is 7.03. The first-order valence-corrected chi connectivity index (χ1v) is 9.71. The number of carbonyl (C=O) groups excluding carboxylic acids is 1. The number of nitrogens with zero attached hydrogens (tertiary/aromatic N) is 4. The first kappa shape index (κ1) is 17.0. The number of fused-ring (bicyclic) bond motifs is 1. The summed E-state index contributed by atoms with van der Waals surface area (Å²) in [6.45, 7) is 5.39. The molecule has 26 heavy (non-hydrogen) atoms. The monoisotopic (exact) mass is 371 g/mol. The second-order valence-electron chi connectivity index (χ2n) is 6.90. The standard InChI is InChI=1S/C18H21N5O2S/c1-11(2)16-21-17(25-22-16)12-4-3-7-23(9-12)18(24)20-13-5-6-15-14(8-13)19-10-26-15/h5-6,8,10-12H,3-4,7,9H2,1-2H3,(H,20,24)/t12-/m1/s1. The van der Waals surface area contributed by atoms with E-state index in [1.54, 1.807) is 16.8 Å². The summed E-state index contributed by atoms with van der Waals surface area (Å²) in [5.41, 5.74) is 3.47. The van der Waals surface area contributed by atoms with E-state index in [1.165, 1.54) is 0 Å². The van der Waals surface area contributed by atoms with E-state index in [0.717, 1.165) is 41.1 Å². The highest BCUT2D eigenvalue weighted by Gasteiger charge is 2.29. The number of thiazole rings is 1. The number of nitrogens with one attached hydrogen (secondary N) is 1. The zero-order valence-corrected chi connectivity index (χ0v) is 15.6. The van der Waals surface area contributed by atoms with Gasteiger partial charge in [-0.15, -0.1) is 11.3 Å². The summed E-state index contributed by atoms with van der Waals surface area (Å²) in [6.07, 6.45) is 1.87. The Morgan fingerprint density at radius 2 is 2.31 bits per heavy atom. The zero-order valence-electron chi connectivity index (χ0n) is 14.8.